The summed E-state index contributed by atoms with van der Waals surface area (Å²) in [6.07, 6.45) is -1.22. The van der Waals surface area contributed by atoms with Crippen LogP contribution in [0.4, 0.5) is 5.82 Å². The lowest BCUT2D eigenvalue weighted by molar-refractivity contribution is -0.112. The quantitative estimate of drug-likeness (QED) is 0.411. The molecule has 0 aromatic rings. The number of anilines is 1. The van der Waals surface area contributed by atoms with Crippen molar-refractivity contribution >= 4 is 27.7 Å². The molecule has 1 saturated heterocycles. The Morgan fingerprint density at radius 1 is 1.61 bits per heavy atom. The lowest BCUT2D eigenvalue weighted by atomic mass is 10.0. The van der Waals surface area contributed by atoms with E-state index in [1.807, 2.05) is 0 Å². The molecule has 0 bridgehead atoms. The third-order valence-electron chi connectivity index (χ3n) is 3.86. The highest BCUT2D eigenvalue weighted by molar-refractivity contribution is 9.10. The molecule has 1 fully saturated rings. The van der Waals surface area contributed by atoms with Crippen molar-refractivity contribution in [1.82, 2.24) is 14.5 Å². The fourth-order valence-electron chi connectivity index (χ4n) is 2.65. The zero-order valence-electron chi connectivity index (χ0n) is 11.7. The molecule has 3 atom stereocenters. The van der Waals surface area contributed by atoms with Gasteiger partial charge in [0.2, 0.25) is 0 Å². The molecule has 10 nitrogen and oxygen atoms in total. The maximum absolute atomic E-state index is 11.6. The second-order valence-corrected chi connectivity index (χ2v) is 5.95. The molecule has 0 spiro atoms. The third-order valence-corrected chi connectivity index (χ3v) is 4.43. The number of aliphatic hydroxyl groups is 3. The van der Waals surface area contributed by atoms with E-state index in [0.717, 1.165) is 4.57 Å². The number of aliphatic hydroxyl groups excluding tert-OH is 2. The normalized spacial score (nSPS) is 27.7. The Morgan fingerprint density at radius 2 is 2.30 bits per heavy atom. The molecule has 1 amide bonds. The molecule has 3 heterocycles. The molecular formula is C12H14BrN5O5. The summed E-state index contributed by atoms with van der Waals surface area (Å²) in [5, 5.41) is 30.2. The highest BCUT2D eigenvalue weighted by Crippen LogP contribution is 2.39. The van der Waals surface area contributed by atoms with Crippen molar-refractivity contribution < 1.29 is 24.9 Å². The van der Waals surface area contributed by atoms with E-state index in [1.54, 1.807) is 0 Å². The first-order chi connectivity index (χ1) is 10.8. The summed E-state index contributed by atoms with van der Waals surface area (Å²) in [7, 11) is 0. The minimum atomic E-state index is -1.93. The zero-order valence-corrected chi connectivity index (χ0v) is 13.3. The van der Waals surface area contributed by atoms with Crippen LogP contribution in [0, 0.1) is 0 Å². The van der Waals surface area contributed by atoms with Gasteiger partial charge >= 0.3 is 0 Å². The number of carbonyl (C=O) groups is 1. The second kappa shape index (κ2) is 5.39. The molecule has 7 N–H and O–H groups in total. The van der Waals surface area contributed by atoms with Crippen LogP contribution in [0.25, 0.3) is 11.4 Å². The van der Waals surface area contributed by atoms with Crippen LogP contribution in [0.2, 0.25) is 0 Å². The summed E-state index contributed by atoms with van der Waals surface area (Å²) in [6.45, 7) is -0.776. The van der Waals surface area contributed by atoms with Crippen LogP contribution < -0.4 is 11.5 Å². The fourth-order valence-corrected chi connectivity index (χ4v) is 3.21. The van der Waals surface area contributed by atoms with Crippen molar-refractivity contribution in [2.24, 2.45) is 5.73 Å². The van der Waals surface area contributed by atoms with Crippen LogP contribution in [0.5, 0.6) is 0 Å². The van der Waals surface area contributed by atoms with Crippen molar-refractivity contribution in [3.8, 4) is 11.4 Å². The van der Waals surface area contributed by atoms with E-state index in [4.69, 9.17) is 21.3 Å². The van der Waals surface area contributed by atoms with Gasteiger partial charge in [-0.2, -0.15) is 0 Å². The van der Waals surface area contributed by atoms with E-state index >= 15 is 0 Å². The largest absolute Gasteiger partial charge is 0.394 e. The molecule has 3 aliphatic heterocycles. The number of carbonyl (C=O) groups excluding carboxylic acids is 1. The summed E-state index contributed by atoms with van der Waals surface area (Å²) in [6, 6.07) is 0. The summed E-state index contributed by atoms with van der Waals surface area (Å²) < 4.78 is 6.48. The Balaban J connectivity index is 2.20. The molecule has 11 heteroatoms. The van der Waals surface area contributed by atoms with E-state index in [9.17, 15) is 15.0 Å². The standard InChI is InChI=1S/C12H14BrN5O5/c13-8-5(10(15)21)6-9(14)16-3-18(11(6)17-8)12(22)2-23-4(1-19)7(12)20/h3-4,7,19-20,22H,1-2,14H2,(H2,15,21)/t4-,7?,12-/m0/s1. The van der Waals surface area contributed by atoms with E-state index in [-0.39, 0.29) is 34.0 Å². The van der Waals surface area contributed by atoms with Gasteiger partial charge in [0, 0.05) is 0 Å². The number of hydrogen-bond donors (Lipinski definition) is 5. The summed E-state index contributed by atoms with van der Waals surface area (Å²) in [4.78, 5) is 19.7. The number of aromatic nitrogens is 3. The van der Waals surface area contributed by atoms with Gasteiger partial charge in [-0.15, -0.1) is 0 Å². The van der Waals surface area contributed by atoms with Crippen LogP contribution >= 0.6 is 15.9 Å². The minimum absolute atomic E-state index is 0.000960. The van der Waals surface area contributed by atoms with Gasteiger partial charge in [0.05, 0.1) is 24.3 Å². The smallest absolute Gasteiger partial charge is 0.252 e. The first kappa shape index (κ1) is 16.1. The van der Waals surface area contributed by atoms with E-state index < -0.39 is 30.4 Å². The monoisotopic (exact) mass is 387 g/mol. The van der Waals surface area contributed by atoms with Gasteiger partial charge in [0.15, 0.2) is 5.72 Å². The molecule has 3 aliphatic rings. The predicted molar refractivity (Wildman–Crippen MR) is 80.3 cm³/mol. The zero-order chi connectivity index (χ0) is 16.9. The molecule has 0 saturated carbocycles. The number of amides is 1. The number of primary amides is 1. The Hall–Kier alpha value is -1.79. The van der Waals surface area contributed by atoms with Crippen LogP contribution in [-0.4, -0.2) is 61.2 Å². The SMILES string of the molecule is NC(=O)c1c(Br)nc2n([C@]3(O)CO[C@@H](CO)C3O)cnc(N)c1-2. The van der Waals surface area contributed by atoms with Gasteiger partial charge in [-0.1, -0.05) is 0 Å². The van der Waals surface area contributed by atoms with Crippen molar-refractivity contribution in [2.75, 3.05) is 18.9 Å². The van der Waals surface area contributed by atoms with Gasteiger partial charge in [-0.25, -0.2) is 9.97 Å². The van der Waals surface area contributed by atoms with Crippen LogP contribution in [0.1, 0.15) is 10.4 Å². The number of nitrogens with zero attached hydrogens (tertiary/aromatic N) is 3. The number of ether oxygens (including phenoxy) is 1. The average molecular weight is 388 g/mol. The Labute approximate surface area is 138 Å². The molecule has 0 aromatic carbocycles. The number of hydrogen-bond acceptors (Lipinski definition) is 8. The van der Waals surface area contributed by atoms with Crippen molar-refractivity contribution in [3.05, 3.63) is 16.5 Å². The first-order valence-electron chi connectivity index (χ1n) is 6.56. The second-order valence-electron chi connectivity index (χ2n) is 5.20. The lowest BCUT2D eigenvalue weighted by Crippen LogP contribution is -2.47. The molecule has 0 radical (unpaired) electrons. The van der Waals surface area contributed by atoms with Gasteiger partial charge < -0.3 is 31.5 Å². The molecule has 3 rings (SSSR count). The lowest BCUT2D eigenvalue weighted by Gasteiger charge is -2.30. The number of rotatable bonds is 3. The molecular weight excluding hydrogens is 374 g/mol. The van der Waals surface area contributed by atoms with E-state index in [2.05, 4.69) is 25.9 Å². The van der Waals surface area contributed by atoms with Gasteiger partial charge in [0.25, 0.3) is 5.91 Å². The summed E-state index contributed by atoms with van der Waals surface area (Å²) in [5.74, 6) is -0.671. The molecule has 1 unspecified atom stereocenters. The van der Waals surface area contributed by atoms with Crippen molar-refractivity contribution in [1.29, 1.82) is 0 Å². The van der Waals surface area contributed by atoms with Crippen LogP contribution in [0.15, 0.2) is 10.9 Å². The topological polar surface area (TPSA) is 170 Å². The maximum Gasteiger partial charge on any atom is 0.252 e. The Bertz CT molecular complexity index is 752. The summed E-state index contributed by atoms with van der Waals surface area (Å²) in [5.41, 5.74) is 9.38. The molecule has 0 aromatic heterocycles. The highest BCUT2D eigenvalue weighted by Gasteiger charge is 2.51. The molecule has 0 aliphatic carbocycles. The van der Waals surface area contributed by atoms with Gasteiger partial charge in [-0.05, 0) is 15.9 Å². The van der Waals surface area contributed by atoms with Crippen molar-refractivity contribution in [2.45, 2.75) is 17.9 Å². The Morgan fingerprint density at radius 3 is 2.87 bits per heavy atom. The summed E-state index contributed by atoms with van der Waals surface area (Å²) >= 11 is 3.12. The fraction of sp³-hybridized carbons (Fsp3) is 0.417. The molecule has 124 valence electrons. The minimum Gasteiger partial charge on any atom is -0.394 e. The van der Waals surface area contributed by atoms with Crippen LogP contribution in [-0.2, 0) is 10.5 Å². The van der Waals surface area contributed by atoms with Gasteiger partial charge in [-0.3, -0.25) is 9.36 Å². The number of nitrogen functional groups attached to an aromatic ring is 1. The third kappa shape index (κ3) is 2.20. The van der Waals surface area contributed by atoms with Crippen LogP contribution in [0.3, 0.4) is 0 Å². The highest BCUT2D eigenvalue weighted by atomic mass is 79.9. The number of halogens is 1. The first-order valence-corrected chi connectivity index (χ1v) is 7.35. The Kier molecular flexibility index (Phi) is 3.77. The van der Waals surface area contributed by atoms with Crippen molar-refractivity contribution in [3.63, 3.8) is 0 Å². The maximum atomic E-state index is 11.6. The van der Waals surface area contributed by atoms with E-state index in [0.29, 0.717) is 0 Å². The van der Waals surface area contributed by atoms with E-state index in [1.165, 1.54) is 6.33 Å². The average Bonchev–Trinajstić information content (AvgIpc) is 2.98. The molecule has 23 heavy (non-hydrogen) atoms. The number of nitrogens with two attached hydrogens (primary N) is 2. The van der Waals surface area contributed by atoms with Gasteiger partial charge in [0.1, 0.15) is 34.8 Å². The predicted octanol–water partition coefficient (Wildman–Crippen LogP) is -1.78. The number of fused-ring (bicyclic) bond motifs is 1.